The van der Waals surface area contributed by atoms with Crippen molar-refractivity contribution in [1.29, 1.82) is 0 Å². The van der Waals surface area contributed by atoms with Crippen molar-refractivity contribution in [1.82, 2.24) is 4.98 Å². The number of carboxylic acids is 1. The van der Waals surface area contributed by atoms with E-state index in [-0.39, 0.29) is 11.3 Å². The molecular formula is C9H11NO4S2. The highest BCUT2D eigenvalue weighted by atomic mass is 32.2. The number of carbonyl (C=O) groups is 1. The van der Waals surface area contributed by atoms with Gasteiger partial charge in [-0.15, -0.1) is 11.8 Å². The Morgan fingerprint density at radius 1 is 1.56 bits per heavy atom. The first-order valence-electron chi connectivity index (χ1n) is 4.38. The molecule has 0 atom stereocenters. The smallest absolute Gasteiger partial charge is 0.336 e. The van der Waals surface area contributed by atoms with Crippen LogP contribution in [0.5, 0.6) is 0 Å². The number of hydrogen-bond acceptors (Lipinski definition) is 5. The second-order valence-corrected chi connectivity index (χ2v) is 6.55. The fourth-order valence-electron chi connectivity index (χ4n) is 0.975. The summed E-state index contributed by atoms with van der Waals surface area (Å²) in [5, 5.41) is 8.87. The molecule has 0 aromatic carbocycles. The number of sulfone groups is 1. The van der Waals surface area contributed by atoms with Gasteiger partial charge in [0.05, 0.1) is 11.3 Å². The molecule has 0 bridgehead atoms. The first-order chi connectivity index (χ1) is 7.40. The molecule has 1 N–H and O–H groups in total. The van der Waals surface area contributed by atoms with E-state index in [1.54, 1.807) is 0 Å². The molecule has 0 aliphatic carbocycles. The van der Waals surface area contributed by atoms with Crippen LogP contribution in [0.25, 0.3) is 0 Å². The van der Waals surface area contributed by atoms with E-state index in [0.717, 1.165) is 6.26 Å². The molecule has 0 aliphatic heterocycles. The number of carboxylic acid groups (broad SMARTS) is 1. The summed E-state index contributed by atoms with van der Waals surface area (Å²) >= 11 is 1.18. The van der Waals surface area contributed by atoms with Gasteiger partial charge < -0.3 is 5.11 Å². The fourth-order valence-corrected chi connectivity index (χ4v) is 3.19. The number of rotatable bonds is 5. The van der Waals surface area contributed by atoms with Crippen molar-refractivity contribution < 1.29 is 18.3 Å². The van der Waals surface area contributed by atoms with E-state index < -0.39 is 15.8 Å². The van der Waals surface area contributed by atoms with Crippen LogP contribution in [0.3, 0.4) is 0 Å². The van der Waals surface area contributed by atoms with Gasteiger partial charge in [0.1, 0.15) is 9.84 Å². The fraction of sp³-hybridized carbons (Fsp3) is 0.333. The van der Waals surface area contributed by atoms with E-state index in [4.69, 9.17) is 5.11 Å². The molecule has 0 spiro atoms. The molecule has 16 heavy (non-hydrogen) atoms. The number of nitrogens with zero attached hydrogens (tertiary/aromatic N) is 1. The minimum atomic E-state index is -3.02. The van der Waals surface area contributed by atoms with Crippen LogP contribution in [-0.2, 0) is 9.84 Å². The Labute approximate surface area is 97.8 Å². The summed E-state index contributed by atoms with van der Waals surface area (Å²) in [6, 6.07) is 1.39. The van der Waals surface area contributed by atoms with Gasteiger partial charge in [0, 0.05) is 29.3 Å². The van der Waals surface area contributed by atoms with E-state index in [1.807, 2.05) is 0 Å². The lowest BCUT2D eigenvalue weighted by molar-refractivity contribution is 0.0693. The predicted octanol–water partition coefficient (Wildman–Crippen LogP) is 0.917. The summed E-state index contributed by atoms with van der Waals surface area (Å²) in [7, 11) is -3.02. The Morgan fingerprint density at radius 3 is 2.81 bits per heavy atom. The van der Waals surface area contributed by atoms with Crippen LogP contribution in [0.15, 0.2) is 23.4 Å². The van der Waals surface area contributed by atoms with Crippen LogP contribution in [0.4, 0.5) is 0 Å². The molecule has 88 valence electrons. The maximum atomic E-state index is 10.9. The lowest BCUT2D eigenvalue weighted by Crippen LogP contribution is -2.06. The van der Waals surface area contributed by atoms with Gasteiger partial charge in [0.2, 0.25) is 0 Å². The lowest BCUT2D eigenvalue weighted by atomic mass is 10.3. The molecular weight excluding hydrogens is 250 g/mol. The third-order valence-electron chi connectivity index (χ3n) is 1.73. The molecule has 1 heterocycles. The van der Waals surface area contributed by atoms with Crippen LogP contribution in [0, 0.1) is 0 Å². The standard InChI is InChI=1S/C9H11NO4S2/c1-16(13,14)5-4-15-8-6-10-3-2-7(8)9(11)12/h2-3,6H,4-5H2,1H3,(H,11,12). The van der Waals surface area contributed by atoms with Gasteiger partial charge >= 0.3 is 5.97 Å². The monoisotopic (exact) mass is 261 g/mol. The summed E-state index contributed by atoms with van der Waals surface area (Å²) in [6.45, 7) is 0. The Hall–Kier alpha value is -1.08. The zero-order chi connectivity index (χ0) is 12.2. The summed E-state index contributed by atoms with van der Waals surface area (Å²) in [5.41, 5.74) is 0.147. The summed E-state index contributed by atoms with van der Waals surface area (Å²) in [4.78, 5) is 15.1. The van der Waals surface area contributed by atoms with Gasteiger partial charge in [-0.1, -0.05) is 0 Å². The van der Waals surface area contributed by atoms with E-state index in [1.165, 1.54) is 30.2 Å². The highest BCUT2D eigenvalue weighted by Gasteiger charge is 2.11. The zero-order valence-corrected chi connectivity index (χ0v) is 10.2. The quantitative estimate of drug-likeness (QED) is 0.793. The van der Waals surface area contributed by atoms with Gasteiger partial charge in [-0.2, -0.15) is 0 Å². The molecule has 0 saturated carbocycles. The van der Waals surface area contributed by atoms with Gasteiger partial charge in [-0.25, -0.2) is 13.2 Å². The average molecular weight is 261 g/mol. The molecule has 0 radical (unpaired) electrons. The van der Waals surface area contributed by atoms with Crippen LogP contribution in [0.2, 0.25) is 0 Å². The van der Waals surface area contributed by atoms with Crippen molar-refractivity contribution in [2.45, 2.75) is 4.90 Å². The van der Waals surface area contributed by atoms with Gasteiger partial charge in [-0.3, -0.25) is 4.98 Å². The minimum absolute atomic E-state index is 0.0195. The first kappa shape index (κ1) is 13.0. The minimum Gasteiger partial charge on any atom is -0.478 e. The summed E-state index contributed by atoms with van der Waals surface area (Å²) in [6.07, 6.45) is 3.97. The predicted molar refractivity (Wildman–Crippen MR) is 61.6 cm³/mol. The number of aromatic nitrogens is 1. The normalized spacial score (nSPS) is 11.3. The van der Waals surface area contributed by atoms with E-state index in [9.17, 15) is 13.2 Å². The first-order valence-corrected chi connectivity index (χ1v) is 7.42. The van der Waals surface area contributed by atoms with Crippen LogP contribution in [-0.4, -0.2) is 42.2 Å². The van der Waals surface area contributed by atoms with E-state index >= 15 is 0 Å². The highest BCUT2D eigenvalue weighted by Crippen LogP contribution is 2.21. The average Bonchev–Trinajstić information content (AvgIpc) is 2.16. The summed E-state index contributed by atoms with van der Waals surface area (Å²) < 4.78 is 21.8. The Morgan fingerprint density at radius 2 is 2.25 bits per heavy atom. The Kier molecular flexibility index (Phi) is 4.31. The molecule has 1 aromatic rings. The molecule has 0 saturated heterocycles. The van der Waals surface area contributed by atoms with E-state index in [2.05, 4.69) is 4.98 Å². The lowest BCUT2D eigenvalue weighted by Gasteiger charge is -2.03. The van der Waals surface area contributed by atoms with Crippen molar-refractivity contribution in [3.8, 4) is 0 Å². The number of thioether (sulfide) groups is 1. The number of hydrogen-bond donors (Lipinski definition) is 1. The second-order valence-electron chi connectivity index (χ2n) is 3.16. The second kappa shape index (κ2) is 5.31. The maximum absolute atomic E-state index is 10.9. The molecule has 1 aromatic heterocycles. The third kappa shape index (κ3) is 4.19. The van der Waals surface area contributed by atoms with Gasteiger partial charge in [0.25, 0.3) is 0 Å². The van der Waals surface area contributed by atoms with Crippen LogP contribution in [0.1, 0.15) is 10.4 Å². The number of aromatic carboxylic acids is 1. The highest BCUT2D eigenvalue weighted by molar-refractivity contribution is 8.00. The SMILES string of the molecule is CS(=O)(=O)CCSc1cnccc1C(=O)O. The molecule has 7 heteroatoms. The zero-order valence-electron chi connectivity index (χ0n) is 8.58. The van der Waals surface area contributed by atoms with Crippen molar-refractivity contribution in [2.75, 3.05) is 17.8 Å². The summed E-state index contributed by atoms with van der Waals surface area (Å²) in [5.74, 6) is -0.694. The molecule has 0 amide bonds. The third-order valence-corrected chi connectivity index (χ3v) is 3.98. The Bertz CT molecular complexity index is 484. The van der Waals surface area contributed by atoms with Crippen molar-refractivity contribution >= 4 is 27.6 Å². The molecule has 0 unspecified atom stereocenters. The van der Waals surface area contributed by atoms with Gasteiger partial charge in [-0.05, 0) is 6.07 Å². The van der Waals surface area contributed by atoms with E-state index in [0.29, 0.717) is 10.6 Å². The molecule has 0 fully saturated rings. The molecule has 0 aliphatic rings. The Balaban J connectivity index is 2.71. The van der Waals surface area contributed by atoms with Crippen molar-refractivity contribution in [2.24, 2.45) is 0 Å². The van der Waals surface area contributed by atoms with Crippen LogP contribution >= 0.6 is 11.8 Å². The van der Waals surface area contributed by atoms with Gasteiger partial charge in [0.15, 0.2) is 0 Å². The molecule has 5 nitrogen and oxygen atoms in total. The topological polar surface area (TPSA) is 84.3 Å². The van der Waals surface area contributed by atoms with Crippen molar-refractivity contribution in [3.63, 3.8) is 0 Å². The van der Waals surface area contributed by atoms with Crippen molar-refractivity contribution in [3.05, 3.63) is 24.0 Å². The van der Waals surface area contributed by atoms with Crippen LogP contribution < -0.4 is 0 Å². The largest absolute Gasteiger partial charge is 0.478 e. The maximum Gasteiger partial charge on any atom is 0.336 e. The number of pyridine rings is 1. The molecule has 1 rings (SSSR count).